The lowest BCUT2D eigenvalue weighted by molar-refractivity contribution is -0.136. The molecule has 7 heteroatoms. The van der Waals surface area contributed by atoms with Gasteiger partial charge in [0.1, 0.15) is 0 Å². The first kappa shape index (κ1) is 17.7. The molecule has 1 aromatic rings. The summed E-state index contributed by atoms with van der Waals surface area (Å²) >= 11 is 0. The third-order valence-corrected chi connectivity index (χ3v) is 5.96. The molecule has 0 saturated carbocycles. The van der Waals surface area contributed by atoms with E-state index in [2.05, 4.69) is 10.2 Å². The number of hydrogen-bond donors (Lipinski definition) is 2. The van der Waals surface area contributed by atoms with Crippen LogP contribution in [0.5, 0.6) is 0 Å². The topological polar surface area (TPSA) is 86.7 Å². The van der Waals surface area contributed by atoms with E-state index >= 15 is 0 Å². The molecule has 1 heterocycles. The number of nitrogens with one attached hydrogen (secondary N) is 1. The Morgan fingerprint density at radius 2 is 1.87 bits per heavy atom. The summed E-state index contributed by atoms with van der Waals surface area (Å²) < 4.78 is 23.6. The van der Waals surface area contributed by atoms with Crippen LogP contribution in [0.15, 0.2) is 29.2 Å². The van der Waals surface area contributed by atoms with Gasteiger partial charge in [-0.2, -0.15) is 0 Å². The summed E-state index contributed by atoms with van der Waals surface area (Å²) in [6, 6.07) is 7.42. The minimum Gasteiger partial charge on any atom is -0.481 e. The van der Waals surface area contributed by atoms with Gasteiger partial charge < -0.3 is 15.3 Å². The number of anilines is 1. The molecule has 0 radical (unpaired) electrons. The molecule has 1 aliphatic heterocycles. The van der Waals surface area contributed by atoms with Gasteiger partial charge in [-0.3, -0.25) is 4.79 Å². The monoisotopic (exact) mass is 340 g/mol. The van der Waals surface area contributed by atoms with Crippen molar-refractivity contribution in [1.29, 1.82) is 0 Å². The van der Waals surface area contributed by atoms with Gasteiger partial charge in [0.2, 0.25) is 0 Å². The van der Waals surface area contributed by atoms with E-state index in [0.717, 1.165) is 31.6 Å². The van der Waals surface area contributed by atoms with Crippen molar-refractivity contribution in [2.45, 2.75) is 37.1 Å². The molecule has 0 bridgehead atoms. The van der Waals surface area contributed by atoms with Gasteiger partial charge in [0.05, 0.1) is 17.1 Å². The van der Waals surface area contributed by atoms with E-state index < -0.39 is 15.8 Å². The molecule has 0 spiro atoms. The average Bonchev–Trinajstić information content (AvgIpc) is 2.55. The van der Waals surface area contributed by atoms with Crippen molar-refractivity contribution in [3.8, 4) is 0 Å². The molecule has 6 nitrogen and oxygen atoms in total. The molecule has 2 rings (SSSR count). The molecule has 128 valence electrons. The normalized spacial score (nSPS) is 16.5. The molecule has 0 aliphatic carbocycles. The summed E-state index contributed by atoms with van der Waals surface area (Å²) in [6.45, 7) is 3.91. The highest BCUT2D eigenvalue weighted by atomic mass is 32.2. The number of carbonyl (C=O) groups is 1. The molecule has 0 unspecified atom stereocenters. The van der Waals surface area contributed by atoms with Crippen molar-refractivity contribution >= 4 is 21.5 Å². The van der Waals surface area contributed by atoms with E-state index in [1.165, 1.54) is 0 Å². The predicted molar refractivity (Wildman–Crippen MR) is 89.7 cm³/mol. The molecular formula is C16H24N2O4S. The van der Waals surface area contributed by atoms with Crippen LogP contribution in [0.25, 0.3) is 0 Å². The number of carboxylic acid groups (broad SMARTS) is 1. The summed E-state index contributed by atoms with van der Waals surface area (Å²) in [5.74, 6) is -0.670. The first-order valence-corrected chi connectivity index (χ1v) is 9.60. The molecule has 1 aromatic carbocycles. The molecule has 1 aliphatic rings. The average molecular weight is 340 g/mol. The van der Waals surface area contributed by atoms with Crippen molar-refractivity contribution in [1.82, 2.24) is 5.32 Å². The number of rotatable bonds is 7. The number of benzene rings is 1. The van der Waals surface area contributed by atoms with Gasteiger partial charge in [0.25, 0.3) is 0 Å². The lowest BCUT2D eigenvalue weighted by Gasteiger charge is -2.34. The quantitative estimate of drug-likeness (QED) is 0.782. The van der Waals surface area contributed by atoms with Crippen LogP contribution in [0.4, 0.5) is 5.69 Å². The summed E-state index contributed by atoms with van der Waals surface area (Å²) in [6.07, 6.45) is 2.05. The Labute approximate surface area is 137 Å². The lowest BCUT2D eigenvalue weighted by Crippen LogP contribution is -2.43. The molecular weight excluding hydrogens is 316 g/mol. The summed E-state index contributed by atoms with van der Waals surface area (Å²) in [5, 5.41) is 11.9. The highest BCUT2D eigenvalue weighted by molar-refractivity contribution is 7.91. The van der Waals surface area contributed by atoms with E-state index in [1.54, 1.807) is 19.1 Å². The van der Waals surface area contributed by atoms with E-state index in [4.69, 9.17) is 5.11 Å². The van der Waals surface area contributed by atoms with Gasteiger partial charge in [-0.05, 0) is 37.1 Å². The highest BCUT2D eigenvalue weighted by Crippen LogP contribution is 2.22. The van der Waals surface area contributed by atoms with Gasteiger partial charge >= 0.3 is 5.97 Å². The van der Waals surface area contributed by atoms with Crippen LogP contribution in [0.3, 0.4) is 0 Å². The van der Waals surface area contributed by atoms with E-state index in [0.29, 0.717) is 17.5 Å². The highest BCUT2D eigenvalue weighted by Gasteiger charge is 2.19. The molecule has 1 saturated heterocycles. The first-order chi connectivity index (χ1) is 10.9. The van der Waals surface area contributed by atoms with Crippen LogP contribution >= 0.6 is 0 Å². The first-order valence-electron chi connectivity index (χ1n) is 7.95. The summed E-state index contributed by atoms with van der Waals surface area (Å²) in [4.78, 5) is 13.1. The Morgan fingerprint density at radius 3 is 2.39 bits per heavy atom. The Morgan fingerprint density at radius 1 is 1.26 bits per heavy atom. The fraction of sp³-hybridized carbons (Fsp3) is 0.562. The number of hydrogen-bond acceptors (Lipinski definition) is 5. The zero-order chi connectivity index (χ0) is 16.9. The number of aliphatic carboxylic acids is 1. The summed E-state index contributed by atoms with van der Waals surface area (Å²) in [5.41, 5.74) is 1.03. The van der Waals surface area contributed by atoms with E-state index in [9.17, 15) is 13.2 Å². The Balaban J connectivity index is 1.87. The Hall–Kier alpha value is -1.60. The fourth-order valence-corrected chi connectivity index (χ4v) is 3.64. The SMILES string of the molecule is CCS(=O)(=O)c1ccc(N2CCC(NCCC(=O)O)CC2)cc1. The maximum absolute atomic E-state index is 11.8. The second-order valence-corrected chi connectivity index (χ2v) is 8.03. The van der Waals surface area contributed by atoms with Crippen LogP contribution in [-0.2, 0) is 14.6 Å². The minimum atomic E-state index is -3.15. The van der Waals surface area contributed by atoms with Crippen molar-refractivity contribution in [3.63, 3.8) is 0 Å². The summed E-state index contributed by atoms with van der Waals surface area (Å²) in [7, 11) is -3.15. The number of sulfone groups is 1. The Kier molecular flexibility index (Phi) is 6.01. The van der Waals surface area contributed by atoms with Gasteiger partial charge in [-0.25, -0.2) is 8.42 Å². The van der Waals surface area contributed by atoms with Crippen LogP contribution in [0, 0.1) is 0 Å². The third-order valence-electron chi connectivity index (χ3n) is 4.21. The maximum atomic E-state index is 11.8. The van der Waals surface area contributed by atoms with Gasteiger partial charge in [0, 0.05) is 31.4 Å². The number of nitrogens with zero attached hydrogens (tertiary/aromatic N) is 1. The molecule has 1 fully saturated rings. The maximum Gasteiger partial charge on any atom is 0.304 e. The largest absolute Gasteiger partial charge is 0.481 e. The molecule has 23 heavy (non-hydrogen) atoms. The van der Waals surface area contributed by atoms with E-state index in [-0.39, 0.29) is 12.2 Å². The zero-order valence-electron chi connectivity index (χ0n) is 13.4. The zero-order valence-corrected chi connectivity index (χ0v) is 14.2. The van der Waals surface area contributed by atoms with Crippen LogP contribution in [0.1, 0.15) is 26.2 Å². The van der Waals surface area contributed by atoms with Gasteiger partial charge in [-0.1, -0.05) is 6.92 Å². The lowest BCUT2D eigenvalue weighted by atomic mass is 10.0. The molecule has 0 aromatic heterocycles. The standard InChI is InChI=1S/C16H24N2O4S/c1-2-23(21,22)15-5-3-14(4-6-15)18-11-8-13(9-12-18)17-10-7-16(19)20/h3-6,13,17H,2,7-12H2,1H3,(H,19,20). The van der Waals surface area contributed by atoms with Crippen LogP contribution in [-0.4, -0.2) is 50.9 Å². The van der Waals surface area contributed by atoms with Crippen molar-refractivity contribution in [3.05, 3.63) is 24.3 Å². The fourth-order valence-electron chi connectivity index (χ4n) is 2.76. The molecule has 0 atom stereocenters. The van der Waals surface area contributed by atoms with E-state index in [1.807, 2.05) is 12.1 Å². The smallest absolute Gasteiger partial charge is 0.304 e. The molecule has 0 amide bonds. The van der Waals surface area contributed by atoms with Crippen molar-refractivity contribution in [2.24, 2.45) is 0 Å². The molecule has 2 N–H and O–H groups in total. The number of carboxylic acids is 1. The second kappa shape index (κ2) is 7.79. The third kappa shape index (κ3) is 4.94. The van der Waals surface area contributed by atoms with Gasteiger partial charge in [0.15, 0.2) is 9.84 Å². The Bertz CT molecular complexity index is 620. The van der Waals surface area contributed by atoms with Crippen molar-refractivity contribution < 1.29 is 18.3 Å². The van der Waals surface area contributed by atoms with Gasteiger partial charge in [-0.15, -0.1) is 0 Å². The second-order valence-electron chi connectivity index (χ2n) is 5.76. The van der Waals surface area contributed by atoms with Crippen LogP contribution in [0.2, 0.25) is 0 Å². The van der Waals surface area contributed by atoms with Crippen molar-refractivity contribution in [2.75, 3.05) is 30.3 Å². The number of piperidine rings is 1. The predicted octanol–water partition coefficient (Wildman–Crippen LogP) is 1.51. The van der Waals surface area contributed by atoms with Crippen LogP contribution < -0.4 is 10.2 Å². The minimum absolute atomic E-state index is 0.111.